The van der Waals surface area contributed by atoms with Crippen LogP contribution in [0.4, 0.5) is 0 Å². The summed E-state index contributed by atoms with van der Waals surface area (Å²) in [5, 5.41) is 3.92. The summed E-state index contributed by atoms with van der Waals surface area (Å²) < 4.78 is 0. The van der Waals surface area contributed by atoms with Crippen LogP contribution in [0.1, 0.15) is 39.5 Å². The summed E-state index contributed by atoms with van der Waals surface area (Å²) in [6.45, 7) is 4.83. The summed E-state index contributed by atoms with van der Waals surface area (Å²) in [6.07, 6.45) is 10.4. The van der Waals surface area contributed by atoms with Crippen molar-refractivity contribution in [2.45, 2.75) is 51.6 Å². The molecule has 0 amide bonds. The predicted octanol–water partition coefficient (Wildman–Crippen LogP) is 2.98. The fourth-order valence-corrected chi connectivity index (χ4v) is 3.78. The van der Waals surface area contributed by atoms with Gasteiger partial charge in [0.2, 0.25) is 0 Å². The van der Waals surface area contributed by atoms with E-state index in [4.69, 9.17) is 0 Å². The zero-order valence-electron chi connectivity index (χ0n) is 9.95. The maximum absolute atomic E-state index is 3.92. The van der Waals surface area contributed by atoms with E-state index < -0.39 is 0 Å². The normalized spacial score (nSPS) is 52.9. The van der Waals surface area contributed by atoms with Gasteiger partial charge in [-0.3, -0.25) is 0 Å². The van der Waals surface area contributed by atoms with Crippen LogP contribution in [0, 0.1) is 23.7 Å². The fraction of sp³-hybridized carbons (Fsp3) is 0.857. The van der Waals surface area contributed by atoms with Gasteiger partial charge in [-0.25, -0.2) is 0 Å². The molecule has 0 bridgehead atoms. The van der Waals surface area contributed by atoms with Crippen molar-refractivity contribution >= 4 is 0 Å². The minimum Gasteiger partial charge on any atom is -0.310 e. The molecule has 0 aliphatic heterocycles. The van der Waals surface area contributed by atoms with E-state index in [1.807, 2.05) is 0 Å². The van der Waals surface area contributed by atoms with Crippen LogP contribution in [0.3, 0.4) is 0 Å². The zero-order chi connectivity index (χ0) is 10.4. The molecule has 15 heavy (non-hydrogen) atoms. The van der Waals surface area contributed by atoms with Gasteiger partial charge in [0, 0.05) is 12.1 Å². The molecular weight excluding hydrogens is 182 g/mol. The number of fused-ring (bicyclic) bond motifs is 1. The summed E-state index contributed by atoms with van der Waals surface area (Å²) in [6, 6.07) is 1.62. The van der Waals surface area contributed by atoms with E-state index in [1.165, 1.54) is 25.7 Å². The van der Waals surface area contributed by atoms with Crippen LogP contribution in [-0.2, 0) is 0 Å². The fourth-order valence-electron chi connectivity index (χ4n) is 3.78. The lowest BCUT2D eigenvalue weighted by Crippen LogP contribution is -2.52. The van der Waals surface area contributed by atoms with Gasteiger partial charge in [-0.1, -0.05) is 26.0 Å². The molecular formula is C14H23N. The smallest absolute Gasteiger partial charge is 0.0138 e. The van der Waals surface area contributed by atoms with Crippen molar-refractivity contribution in [3.63, 3.8) is 0 Å². The Bertz CT molecular complexity index is 271. The van der Waals surface area contributed by atoms with E-state index in [0.717, 1.165) is 35.8 Å². The molecule has 1 heteroatoms. The molecule has 0 aromatic rings. The lowest BCUT2D eigenvalue weighted by Gasteiger charge is -2.43. The van der Waals surface area contributed by atoms with E-state index >= 15 is 0 Å². The van der Waals surface area contributed by atoms with Gasteiger partial charge in [-0.15, -0.1) is 0 Å². The minimum absolute atomic E-state index is 0.806. The Morgan fingerprint density at radius 1 is 1.13 bits per heavy atom. The standard InChI is InChI=1S/C14H23N/c1-9-6-7-13(10(9)2)15-14-8-11-4-3-5-12(11)14/h3,5,9-15H,4,6-8H2,1-2H3. The van der Waals surface area contributed by atoms with Crippen molar-refractivity contribution in [3.8, 4) is 0 Å². The molecule has 3 aliphatic carbocycles. The monoisotopic (exact) mass is 205 g/mol. The molecule has 2 fully saturated rings. The first-order valence-corrected chi connectivity index (χ1v) is 6.68. The molecule has 0 heterocycles. The Hall–Kier alpha value is -0.300. The van der Waals surface area contributed by atoms with Crippen molar-refractivity contribution < 1.29 is 0 Å². The predicted molar refractivity (Wildman–Crippen MR) is 63.6 cm³/mol. The van der Waals surface area contributed by atoms with Gasteiger partial charge < -0.3 is 5.32 Å². The average Bonchev–Trinajstić information content (AvgIpc) is 2.71. The van der Waals surface area contributed by atoms with Crippen LogP contribution in [0.15, 0.2) is 12.2 Å². The van der Waals surface area contributed by atoms with Gasteiger partial charge in [0.15, 0.2) is 0 Å². The number of hydrogen-bond acceptors (Lipinski definition) is 1. The van der Waals surface area contributed by atoms with Crippen LogP contribution >= 0.6 is 0 Å². The number of hydrogen-bond donors (Lipinski definition) is 1. The summed E-state index contributed by atoms with van der Waals surface area (Å²) in [4.78, 5) is 0. The second-order valence-electron chi connectivity index (χ2n) is 6.03. The van der Waals surface area contributed by atoms with Crippen LogP contribution in [0.2, 0.25) is 0 Å². The molecule has 84 valence electrons. The lowest BCUT2D eigenvalue weighted by molar-refractivity contribution is 0.140. The highest BCUT2D eigenvalue weighted by atomic mass is 15.0. The van der Waals surface area contributed by atoms with E-state index in [0.29, 0.717) is 0 Å². The quantitative estimate of drug-likeness (QED) is 0.683. The number of rotatable bonds is 2. The summed E-state index contributed by atoms with van der Waals surface area (Å²) in [5.74, 6) is 3.69. The van der Waals surface area contributed by atoms with Gasteiger partial charge in [0.25, 0.3) is 0 Å². The first kappa shape index (κ1) is 9.89. The van der Waals surface area contributed by atoms with Gasteiger partial charge >= 0.3 is 0 Å². The van der Waals surface area contributed by atoms with E-state index in [2.05, 4.69) is 31.3 Å². The molecule has 0 saturated heterocycles. The molecule has 0 spiro atoms. The van der Waals surface area contributed by atoms with E-state index in [-0.39, 0.29) is 0 Å². The summed E-state index contributed by atoms with van der Waals surface area (Å²) in [5.41, 5.74) is 0. The van der Waals surface area contributed by atoms with Crippen LogP contribution < -0.4 is 5.32 Å². The molecule has 6 atom stereocenters. The summed E-state index contributed by atoms with van der Waals surface area (Å²) >= 11 is 0. The van der Waals surface area contributed by atoms with Crippen LogP contribution in [0.5, 0.6) is 0 Å². The Kier molecular flexibility index (Phi) is 2.39. The first-order chi connectivity index (χ1) is 7.25. The Morgan fingerprint density at radius 3 is 2.67 bits per heavy atom. The molecule has 2 saturated carbocycles. The number of nitrogens with one attached hydrogen (secondary N) is 1. The highest BCUT2D eigenvalue weighted by Crippen LogP contribution is 2.44. The van der Waals surface area contributed by atoms with Gasteiger partial charge in [-0.05, 0) is 49.4 Å². The third-order valence-corrected chi connectivity index (χ3v) is 5.26. The lowest BCUT2D eigenvalue weighted by atomic mass is 9.71. The second-order valence-corrected chi connectivity index (χ2v) is 6.03. The molecule has 3 rings (SSSR count). The van der Waals surface area contributed by atoms with Crippen LogP contribution in [0.25, 0.3) is 0 Å². The number of allylic oxidation sites excluding steroid dienone is 1. The third-order valence-electron chi connectivity index (χ3n) is 5.26. The van der Waals surface area contributed by atoms with Crippen molar-refractivity contribution in [2.24, 2.45) is 23.7 Å². The molecule has 0 aromatic heterocycles. The van der Waals surface area contributed by atoms with Gasteiger partial charge in [-0.2, -0.15) is 0 Å². The molecule has 0 aromatic carbocycles. The van der Waals surface area contributed by atoms with Crippen molar-refractivity contribution in [3.05, 3.63) is 12.2 Å². The van der Waals surface area contributed by atoms with Crippen molar-refractivity contribution in [2.75, 3.05) is 0 Å². The molecule has 0 radical (unpaired) electrons. The SMILES string of the molecule is CC1CCC(NC2CC3CC=CC32)C1C. The minimum atomic E-state index is 0.806. The molecule has 1 nitrogen and oxygen atoms in total. The molecule has 6 unspecified atom stereocenters. The van der Waals surface area contributed by atoms with E-state index in [1.54, 1.807) is 0 Å². The Morgan fingerprint density at radius 2 is 2.00 bits per heavy atom. The van der Waals surface area contributed by atoms with Gasteiger partial charge in [0.1, 0.15) is 0 Å². The van der Waals surface area contributed by atoms with Crippen molar-refractivity contribution in [1.29, 1.82) is 0 Å². The van der Waals surface area contributed by atoms with E-state index in [9.17, 15) is 0 Å². The van der Waals surface area contributed by atoms with Gasteiger partial charge in [0.05, 0.1) is 0 Å². The average molecular weight is 205 g/mol. The Labute approximate surface area is 93.3 Å². The summed E-state index contributed by atoms with van der Waals surface area (Å²) in [7, 11) is 0. The topological polar surface area (TPSA) is 12.0 Å². The van der Waals surface area contributed by atoms with Crippen LogP contribution in [-0.4, -0.2) is 12.1 Å². The highest BCUT2D eigenvalue weighted by molar-refractivity contribution is 5.13. The Balaban J connectivity index is 1.56. The van der Waals surface area contributed by atoms with Crippen molar-refractivity contribution in [1.82, 2.24) is 5.32 Å². The third kappa shape index (κ3) is 1.56. The maximum Gasteiger partial charge on any atom is 0.0138 e. The molecule has 3 aliphatic rings. The largest absolute Gasteiger partial charge is 0.310 e. The second kappa shape index (κ2) is 3.62. The highest BCUT2D eigenvalue weighted by Gasteiger charge is 2.43. The zero-order valence-corrected chi connectivity index (χ0v) is 9.95. The first-order valence-electron chi connectivity index (χ1n) is 6.68. The molecule has 1 N–H and O–H groups in total. The maximum atomic E-state index is 3.92.